The van der Waals surface area contributed by atoms with Gasteiger partial charge in [-0.1, -0.05) is 32.4 Å². The Morgan fingerprint density at radius 2 is 1.82 bits per heavy atom. The van der Waals surface area contributed by atoms with Crippen LogP contribution in [0, 0.1) is 5.41 Å². The fourth-order valence-corrected chi connectivity index (χ4v) is 3.22. The molecular formula is C15H23NO. The molecule has 0 spiro atoms. The van der Waals surface area contributed by atoms with E-state index >= 15 is 0 Å². The highest BCUT2D eigenvalue weighted by Gasteiger charge is 2.36. The van der Waals surface area contributed by atoms with Crippen LogP contribution in [-0.2, 0) is 6.42 Å². The lowest BCUT2D eigenvalue weighted by molar-refractivity contribution is 0.151. The number of rotatable bonds is 2. The molecule has 1 unspecified atom stereocenters. The van der Waals surface area contributed by atoms with Gasteiger partial charge in [0.15, 0.2) is 0 Å². The van der Waals surface area contributed by atoms with E-state index in [0.29, 0.717) is 11.2 Å². The van der Waals surface area contributed by atoms with Crippen LogP contribution in [0.5, 0.6) is 5.75 Å². The molecule has 0 bridgehead atoms. The topological polar surface area (TPSA) is 46.2 Å². The van der Waals surface area contributed by atoms with Crippen molar-refractivity contribution >= 4 is 0 Å². The lowest BCUT2D eigenvalue weighted by Crippen LogP contribution is -2.48. The molecule has 1 aliphatic carbocycles. The predicted octanol–water partition coefficient (Wildman–Crippen LogP) is 3.23. The molecule has 2 nitrogen and oxygen atoms in total. The van der Waals surface area contributed by atoms with Gasteiger partial charge in [-0.05, 0) is 48.8 Å². The molecule has 1 fully saturated rings. The number of nitrogens with two attached hydrogens (primary N) is 1. The average Bonchev–Trinajstić information content (AvgIpc) is 2.19. The molecule has 1 saturated carbocycles. The Hall–Kier alpha value is -1.02. The Bertz CT molecular complexity index is 382. The highest BCUT2D eigenvalue weighted by atomic mass is 16.3. The van der Waals surface area contributed by atoms with Crippen LogP contribution in [0.25, 0.3) is 0 Å². The van der Waals surface area contributed by atoms with Gasteiger partial charge in [0.2, 0.25) is 0 Å². The van der Waals surface area contributed by atoms with Crippen molar-refractivity contribution in [3.05, 3.63) is 29.8 Å². The third-order valence-electron chi connectivity index (χ3n) is 3.85. The second kappa shape index (κ2) is 4.34. The minimum Gasteiger partial charge on any atom is -0.508 e. The van der Waals surface area contributed by atoms with Gasteiger partial charge in [0, 0.05) is 5.54 Å². The van der Waals surface area contributed by atoms with Gasteiger partial charge in [-0.15, -0.1) is 0 Å². The SMILES string of the molecule is CC1(C)CCCC(N)(Cc2ccc(O)cc2)C1. The normalized spacial score (nSPS) is 27.9. The molecular weight excluding hydrogens is 210 g/mol. The predicted molar refractivity (Wildman–Crippen MR) is 71.0 cm³/mol. The molecule has 0 amide bonds. The maximum Gasteiger partial charge on any atom is 0.115 e. The van der Waals surface area contributed by atoms with Crippen molar-refractivity contribution in [2.75, 3.05) is 0 Å². The number of aromatic hydroxyl groups is 1. The number of phenols is 1. The summed E-state index contributed by atoms with van der Waals surface area (Å²) in [5.41, 5.74) is 8.06. The fraction of sp³-hybridized carbons (Fsp3) is 0.600. The fourth-order valence-electron chi connectivity index (χ4n) is 3.22. The Morgan fingerprint density at radius 1 is 1.18 bits per heavy atom. The molecule has 1 aromatic rings. The number of benzene rings is 1. The summed E-state index contributed by atoms with van der Waals surface area (Å²) in [7, 11) is 0. The van der Waals surface area contributed by atoms with Gasteiger partial charge in [-0.2, -0.15) is 0 Å². The number of hydrogen-bond acceptors (Lipinski definition) is 2. The first-order chi connectivity index (χ1) is 7.89. The molecule has 1 atom stereocenters. The van der Waals surface area contributed by atoms with E-state index in [2.05, 4.69) is 13.8 Å². The summed E-state index contributed by atoms with van der Waals surface area (Å²) in [5, 5.41) is 9.28. The van der Waals surface area contributed by atoms with E-state index in [1.165, 1.54) is 18.4 Å². The second-order valence-corrected chi connectivity index (χ2v) is 6.40. The molecule has 0 saturated heterocycles. The quantitative estimate of drug-likeness (QED) is 0.823. The van der Waals surface area contributed by atoms with Crippen LogP contribution < -0.4 is 5.73 Å². The summed E-state index contributed by atoms with van der Waals surface area (Å²) >= 11 is 0. The molecule has 3 N–H and O–H groups in total. The van der Waals surface area contributed by atoms with E-state index in [1.54, 1.807) is 12.1 Å². The van der Waals surface area contributed by atoms with Crippen molar-refractivity contribution in [1.82, 2.24) is 0 Å². The van der Waals surface area contributed by atoms with Crippen molar-refractivity contribution in [3.63, 3.8) is 0 Å². The van der Waals surface area contributed by atoms with Crippen molar-refractivity contribution in [2.24, 2.45) is 11.1 Å². The molecule has 1 aliphatic rings. The van der Waals surface area contributed by atoms with E-state index in [-0.39, 0.29) is 5.54 Å². The maximum atomic E-state index is 9.28. The summed E-state index contributed by atoms with van der Waals surface area (Å²) in [4.78, 5) is 0. The minimum atomic E-state index is -0.0707. The van der Waals surface area contributed by atoms with Crippen LogP contribution >= 0.6 is 0 Å². The molecule has 0 heterocycles. The van der Waals surface area contributed by atoms with E-state index in [0.717, 1.165) is 19.3 Å². The van der Waals surface area contributed by atoms with Gasteiger partial charge in [-0.25, -0.2) is 0 Å². The average molecular weight is 233 g/mol. The molecule has 17 heavy (non-hydrogen) atoms. The number of hydrogen-bond donors (Lipinski definition) is 2. The van der Waals surface area contributed by atoms with Crippen LogP contribution in [0.1, 0.15) is 45.1 Å². The monoisotopic (exact) mass is 233 g/mol. The lowest BCUT2D eigenvalue weighted by Gasteiger charge is -2.42. The van der Waals surface area contributed by atoms with Gasteiger partial charge in [-0.3, -0.25) is 0 Å². The molecule has 94 valence electrons. The molecule has 2 heteroatoms. The lowest BCUT2D eigenvalue weighted by atomic mass is 9.66. The van der Waals surface area contributed by atoms with Gasteiger partial charge in [0.25, 0.3) is 0 Å². The maximum absolute atomic E-state index is 9.28. The standard InChI is InChI=1S/C15H23NO/c1-14(2)8-3-9-15(16,11-14)10-12-4-6-13(17)7-5-12/h4-7,17H,3,8-11,16H2,1-2H3. The van der Waals surface area contributed by atoms with Crippen molar-refractivity contribution in [2.45, 2.75) is 51.5 Å². The Labute approximate surface area is 104 Å². The van der Waals surface area contributed by atoms with Crippen LogP contribution in [0.3, 0.4) is 0 Å². The molecule has 2 rings (SSSR count). The van der Waals surface area contributed by atoms with E-state index in [4.69, 9.17) is 5.73 Å². The first-order valence-electron chi connectivity index (χ1n) is 6.45. The second-order valence-electron chi connectivity index (χ2n) is 6.40. The zero-order chi connectivity index (χ0) is 12.5. The Morgan fingerprint density at radius 3 is 2.41 bits per heavy atom. The smallest absolute Gasteiger partial charge is 0.115 e. The van der Waals surface area contributed by atoms with Gasteiger partial charge < -0.3 is 10.8 Å². The molecule has 1 aromatic carbocycles. The summed E-state index contributed by atoms with van der Waals surface area (Å²) in [6.07, 6.45) is 5.61. The highest BCUT2D eigenvalue weighted by Crippen LogP contribution is 2.41. The summed E-state index contributed by atoms with van der Waals surface area (Å²) < 4.78 is 0. The van der Waals surface area contributed by atoms with Crippen LogP contribution in [0.4, 0.5) is 0 Å². The van der Waals surface area contributed by atoms with Crippen molar-refractivity contribution in [3.8, 4) is 5.75 Å². The summed E-state index contributed by atoms with van der Waals surface area (Å²) in [6.45, 7) is 4.62. The van der Waals surface area contributed by atoms with Crippen molar-refractivity contribution in [1.29, 1.82) is 0 Å². The number of phenolic OH excluding ortho intramolecular Hbond substituents is 1. The van der Waals surface area contributed by atoms with Gasteiger partial charge in [0.05, 0.1) is 0 Å². The van der Waals surface area contributed by atoms with E-state index in [9.17, 15) is 5.11 Å². The van der Waals surface area contributed by atoms with E-state index in [1.807, 2.05) is 12.1 Å². The molecule has 0 aromatic heterocycles. The molecule has 0 radical (unpaired) electrons. The van der Waals surface area contributed by atoms with Crippen LogP contribution in [0.15, 0.2) is 24.3 Å². The first kappa shape index (κ1) is 12.4. The summed E-state index contributed by atoms with van der Waals surface area (Å²) in [5.74, 6) is 0.323. The third-order valence-corrected chi connectivity index (χ3v) is 3.85. The van der Waals surface area contributed by atoms with Crippen LogP contribution in [-0.4, -0.2) is 10.6 Å². The minimum absolute atomic E-state index is 0.0707. The van der Waals surface area contributed by atoms with Gasteiger partial charge >= 0.3 is 0 Å². The zero-order valence-electron chi connectivity index (χ0n) is 10.9. The largest absolute Gasteiger partial charge is 0.508 e. The highest BCUT2D eigenvalue weighted by molar-refractivity contribution is 5.27. The Balaban J connectivity index is 2.09. The molecule has 0 aliphatic heterocycles. The Kier molecular flexibility index (Phi) is 3.17. The third kappa shape index (κ3) is 3.22. The summed E-state index contributed by atoms with van der Waals surface area (Å²) in [6, 6.07) is 7.44. The van der Waals surface area contributed by atoms with Crippen molar-refractivity contribution < 1.29 is 5.11 Å². The van der Waals surface area contributed by atoms with Gasteiger partial charge in [0.1, 0.15) is 5.75 Å². The zero-order valence-corrected chi connectivity index (χ0v) is 10.9. The van der Waals surface area contributed by atoms with Crippen LogP contribution in [0.2, 0.25) is 0 Å². The van der Waals surface area contributed by atoms with E-state index < -0.39 is 0 Å². The first-order valence-corrected chi connectivity index (χ1v) is 6.45.